The van der Waals surface area contributed by atoms with E-state index < -0.39 is 11.9 Å². The molecule has 1 aromatic rings. The molecule has 70 valence electrons. The lowest BCUT2D eigenvalue weighted by Crippen LogP contribution is -2.44. The molecule has 1 heterocycles. The molecule has 0 unspecified atom stereocenters. The standard InChI is InChI=1S/C5H8N6O2/c1-11-7-2-3(10-11)4(12)8-9-5(6)13/h2H,1H3,(H,8,12)(H3,6,9,13). The average Bonchev–Trinajstić information content (AvgIpc) is 2.47. The van der Waals surface area contributed by atoms with Crippen LogP contribution in [0.15, 0.2) is 6.20 Å². The highest BCUT2D eigenvalue weighted by Gasteiger charge is 2.08. The summed E-state index contributed by atoms with van der Waals surface area (Å²) >= 11 is 0. The topological polar surface area (TPSA) is 115 Å². The molecule has 8 heteroatoms. The molecule has 0 radical (unpaired) electrons. The monoisotopic (exact) mass is 184 g/mol. The average molecular weight is 184 g/mol. The maximum Gasteiger partial charge on any atom is 0.330 e. The summed E-state index contributed by atoms with van der Waals surface area (Å²) in [5, 5.41) is 7.36. The van der Waals surface area contributed by atoms with E-state index in [1.54, 1.807) is 7.05 Å². The first-order chi connectivity index (χ1) is 6.09. The Kier molecular flexibility index (Phi) is 2.43. The van der Waals surface area contributed by atoms with Gasteiger partial charge in [-0.05, 0) is 0 Å². The normalized spacial score (nSPS) is 9.31. The lowest BCUT2D eigenvalue weighted by Gasteiger charge is -2.00. The van der Waals surface area contributed by atoms with Gasteiger partial charge in [-0.1, -0.05) is 0 Å². The maximum absolute atomic E-state index is 11.1. The molecule has 3 amide bonds. The second-order valence-corrected chi connectivity index (χ2v) is 2.16. The zero-order chi connectivity index (χ0) is 9.84. The molecule has 0 aliphatic carbocycles. The van der Waals surface area contributed by atoms with Crippen molar-refractivity contribution in [3.8, 4) is 0 Å². The van der Waals surface area contributed by atoms with E-state index in [1.165, 1.54) is 11.0 Å². The Balaban J connectivity index is 2.54. The van der Waals surface area contributed by atoms with Crippen LogP contribution in [0.4, 0.5) is 4.79 Å². The molecular formula is C5H8N6O2. The lowest BCUT2D eigenvalue weighted by atomic mass is 10.5. The fourth-order valence-electron chi connectivity index (χ4n) is 0.632. The van der Waals surface area contributed by atoms with Gasteiger partial charge >= 0.3 is 6.03 Å². The van der Waals surface area contributed by atoms with Crippen molar-refractivity contribution < 1.29 is 9.59 Å². The highest BCUT2D eigenvalue weighted by atomic mass is 16.2. The van der Waals surface area contributed by atoms with Crippen molar-refractivity contribution in [2.24, 2.45) is 12.8 Å². The molecule has 0 atom stereocenters. The number of nitrogens with zero attached hydrogens (tertiary/aromatic N) is 3. The van der Waals surface area contributed by atoms with Gasteiger partial charge in [0.05, 0.1) is 6.20 Å². The molecule has 0 fully saturated rings. The van der Waals surface area contributed by atoms with E-state index in [1.807, 2.05) is 10.9 Å². The van der Waals surface area contributed by atoms with Gasteiger partial charge < -0.3 is 5.73 Å². The van der Waals surface area contributed by atoms with Gasteiger partial charge in [-0.3, -0.25) is 10.2 Å². The number of nitrogens with two attached hydrogens (primary N) is 1. The number of hydrogen-bond donors (Lipinski definition) is 3. The second-order valence-electron chi connectivity index (χ2n) is 2.16. The van der Waals surface area contributed by atoms with Crippen molar-refractivity contribution in [1.82, 2.24) is 25.8 Å². The van der Waals surface area contributed by atoms with Gasteiger partial charge in [-0.15, -0.1) is 5.10 Å². The van der Waals surface area contributed by atoms with Crippen molar-refractivity contribution in [3.05, 3.63) is 11.9 Å². The van der Waals surface area contributed by atoms with Crippen LogP contribution in [0.1, 0.15) is 10.5 Å². The Morgan fingerprint density at radius 3 is 2.69 bits per heavy atom. The summed E-state index contributed by atoms with van der Waals surface area (Å²) in [5.74, 6) is -0.577. The molecule has 0 aromatic carbocycles. The van der Waals surface area contributed by atoms with E-state index in [2.05, 4.69) is 10.2 Å². The summed E-state index contributed by atoms with van der Waals surface area (Å²) in [7, 11) is 1.57. The Hall–Kier alpha value is -2.12. The molecule has 0 saturated carbocycles. The molecule has 0 saturated heterocycles. The van der Waals surface area contributed by atoms with Crippen LogP contribution in [-0.4, -0.2) is 26.9 Å². The number of nitrogens with one attached hydrogen (secondary N) is 2. The highest BCUT2D eigenvalue weighted by Crippen LogP contribution is 1.87. The zero-order valence-corrected chi connectivity index (χ0v) is 6.81. The highest BCUT2D eigenvalue weighted by molar-refractivity contribution is 5.92. The fraction of sp³-hybridized carbons (Fsp3) is 0.200. The van der Waals surface area contributed by atoms with E-state index in [0.29, 0.717) is 0 Å². The van der Waals surface area contributed by atoms with Crippen LogP contribution in [0.3, 0.4) is 0 Å². The van der Waals surface area contributed by atoms with Crippen LogP contribution in [-0.2, 0) is 7.05 Å². The van der Waals surface area contributed by atoms with Gasteiger partial charge in [-0.2, -0.15) is 9.90 Å². The van der Waals surface area contributed by atoms with Crippen LogP contribution in [0, 0.1) is 0 Å². The maximum atomic E-state index is 11.1. The largest absolute Gasteiger partial charge is 0.350 e. The van der Waals surface area contributed by atoms with E-state index >= 15 is 0 Å². The smallest absolute Gasteiger partial charge is 0.330 e. The Morgan fingerprint density at radius 1 is 1.54 bits per heavy atom. The van der Waals surface area contributed by atoms with Gasteiger partial charge in [0, 0.05) is 7.05 Å². The first-order valence-corrected chi connectivity index (χ1v) is 3.31. The molecule has 0 bridgehead atoms. The van der Waals surface area contributed by atoms with Crippen molar-refractivity contribution in [3.63, 3.8) is 0 Å². The van der Waals surface area contributed by atoms with Crippen LogP contribution >= 0.6 is 0 Å². The van der Waals surface area contributed by atoms with Crippen molar-refractivity contribution in [1.29, 1.82) is 0 Å². The number of amides is 3. The molecular weight excluding hydrogens is 176 g/mol. The Morgan fingerprint density at radius 2 is 2.23 bits per heavy atom. The summed E-state index contributed by atoms with van der Waals surface area (Å²) in [6, 6.07) is -0.850. The third-order valence-electron chi connectivity index (χ3n) is 1.13. The SMILES string of the molecule is Cn1ncc(C(=O)NNC(N)=O)n1. The number of hydrogen-bond acceptors (Lipinski definition) is 4. The zero-order valence-electron chi connectivity index (χ0n) is 6.81. The quantitative estimate of drug-likeness (QED) is 0.443. The minimum atomic E-state index is -0.850. The van der Waals surface area contributed by atoms with E-state index in [9.17, 15) is 9.59 Å². The van der Waals surface area contributed by atoms with Crippen LogP contribution in [0.25, 0.3) is 0 Å². The minimum absolute atomic E-state index is 0.0938. The molecule has 0 aliphatic rings. The lowest BCUT2D eigenvalue weighted by molar-refractivity contribution is 0.0931. The van der Waals surface area contributed by atoms with Gasteiger partial charge in [0.1, 0.15) is 0 Å². The number of aryl methyl sites for hydroxylation is 1. The molecule has 4 N–H and O–H groups in total. The van der Waals surface area contributed by atoms with Crippen molar-refractivity contribution >= 4 is 11.9 Å². The number of carbonyl (C=O) groups excluding carboxylic acids is 2. The number of aromatic nitrogens is 3. The predicted octanol–water partition coefficient (Wildman–Crippen LogP) is -1.87. The van der Waals surface area contributed by atoms with E-state index in [4.69, 9.17) is 5.73 Å². The first kappa shape index (κ1) is 8.97. The number of primary amides is 1. The van der Waals surface area contributed by atoms with Crippen molar-refractivity contribution in [2.45, 2.75) is 0 Å². The molecule has 0 aliphatic heterocycles. The molecule has 1 rings (SSSR count). The molecule has 1 aromatic heterocycles. The van der Waals surface area contributed by atoms with Crippen molar-refractivity contribution in [2.75, 3.05) is 0 Å². The third-order valence-corrected chi connectivity index (χ3v) is 1.13. The van der Waals surface area contributed by atoms with Crippen LogP contribution < -0.4 is 16.6 Å². The van der Waals surface area contributed by atoms with Crippen LogP contribution in [0.2, 0.25) is 0 Å². The van der Waals surface area contributed by atoms with E-state index in [0.717, 1.165) is 0 Å². The number of hydrazine groups is 1. The van der Waals surface area contributed by atoms with Gasteiger partial charge in [0.2, 0.25) is 0 Å². The Labute approximate surface area is 73.1 Å². The van der Waals surface area contributed by atoms with Crippen LogP contribution in [0.5, 0.6) is 0 Å². The predicted molar refractivity (Wildman–Crippen MR) is 41.2 cm³/mol. The summed E-state index contributed by atoms with van der Waals surface area (Å²) in [5.41, 5.74) is 8.76. The third kappa shape index (κ3) is 2.43. The fourth-order valence-corrected chi connectivity index (χ4v) is 0.632. The first-order valence-electron chi connectivity index (χ1n) is 3.31. The van der Waals surface area contributed by atoms with Gasteiger partial charge in [0.25, 0.3) is 5.91 Å². The summed E-state index contributed by atoms with van der Waals surface area (Å²) in [6.45, 7) is 0. The minimum Gasteiger partial charge on any atom is -0.350 e. The number of urea groups is 1. The van der Waals surface area contributed by atoms with E-state index in [-0.39, 0.29) is 5.69 Å². The number of rotatable bonds is 1. The van der Waals surface area contributed by atoms with Gasteiger partial charge in [-0.25, -0.2) is 10.2 Å². The second kappa shape index (κ2) is 3.52. The summed E-state index contributed by atoms with van der Waals surface area (Å²) in [6.07, 6.45) is 1.26. The number of carbonyl (C=O) groups is 2. The summed E-state index contributed by atoms with van der Waals surface area (Å²) in [4.78, 5) is 22.5. The molecule has 13 heavy (non-hydrogen) atoms. The molecule has 8 nitrogen and oxygen atoms in total. The molecule has 0 spiro atoms. The summed E-state index contributed by atoms with van der Waals surface area (Å²) < 4.78 is 0. The Bertz CT molecular complexity index is 332. The van der Waals surface area contributed by atoms with Gasteiger partial charge in [0.15, 0.2) is 5.69 Å².